The molecule has 1 aliphatic carbocycles. The van der Waals surface area contributed by atoms with Gasteiger partial charge in [-0.05, 0) is 13.3 Å². The molecule has 0 radical (unpaired) electrons. The summed E-state index contributed by atoms with van der Waals surface area (Å²) in [6, 6.07) is 0. The van der Waals surface area contributed by atoms with Gasteiger partial charge in [0.15, 0.2) is 0 Å². The predicted octanol–water partition coefficient (Wildman–Crippen LogP) is 1.62. The average Bonchev–Trinajstić information content (AvgIpc) is 3.37. The molecule has 1 spiro atoms. The molecule has 2 unspecified atom stereocenters. The predicted molar refractivity (Wildman–Crippen MR) is 73.3 cm³/mol. The van der Waals surface area contributed by atoms with E-state index in [1.807, 2.05) is 0 Å². The lowest BCUT2D eigenvalue weighted by atomic mass is 9.67. The van der Waals surface area contributed by atoms with Gasteiger partial charge < -0.3 is 24.1 Å². The van der Waals surface area contributed by atoms with E-state index in [1.54, 1.807) is 6.92 Å². The second-order valence-corrected chi connectivity index (χ2v) is 6.99. The third-order valence-corrected chi connectivity index (χ3v) is 5.32. The van der Waals surface area contributed by atoms with Gasteiger partial charge in [0.1, 0.15) is 30.1 Å². The van der Waals surface area contributed by atoms with Crippen LogP contribution in [-0.2, 0) is 18.9 Å². The minimum atomic E-state index is -4.36. The Bertz CT molecular complexity index is 469. The minimum absolute atomic E-state index is 0.0644. The normalized spacial score (nSPS) is 47.9. The van der Waals surface area contributed by atoms with Crippen molar-refractivity contribution in [1.82, 2.24) is 0 Å². The first-order valence-corrected chi connectivity index (χ1v) is 7.94. The first kappa shape index (κ1) is 18.3. The van der Waals surface area contributed by atoms with Gasteiger partial charge in [-0.25, -0.2) is 4.39 Å². The van der Waals surface area contributed by atoms with Crippen LogP contribution in [0.4, 0.5) is 17.6 Å². The Morgan fingerprint density at radius 1 is 1.33 bits per heavy atom. The molecule has 3 fully saturated rings. The number of alkyl halides is 4. The molecule has 1 N–H and O–H groups in total. The molecule has 3 rings (SSSR count). The molecule has 0 aromatic heterocycles. The summed E-state index contributed by atoms with van der Waals surface area (Å²) in [6.45, 7) is 0.774. The molecule has 5 nitrogen and oxygen atoms in total. The number of methoxy groups -OCH3 is 1. The van der Waals surface area contributed by atoms with Crippen LogP contribution >= 0.6 is 0 Å². The Balaban J connectivity index is 1.61. The smallest absolute Gasteiger partial charge is 0.387 e. The summed E-state index contributed by atoms with van der Waals surface area (Å²) >= 11 is 0. The molecule has 2 saturated heterocycles. The van der Waals surface area contributed by atoms with Gasteiger partial charge in [-0.2, -0.15) is 13.2 Å². The molecule has 1 saturated carbocycles. The van der Waals surface area contributed by atoms with Crippen molar-refractivity contribution in [3.8, 4) is 0 Å². The van der Waals surface area contributed by atoms with Gasteiger partial charge in [0.05, 0.1) is 24.7 Å². The zero-order chi connectivity index (χ0) is 17.8. The van der Waals surface area contributed by atoms with E-state index in [0.29, 0.717) is 6.61 Å². The van der Waals surface area contributed by atoms with E-state index in [0.717, 1.165) is 0 Å². The van der Waals surface area contributed by atoms with Crippen LogP contribution in [0.3, 0.4) is 0 Å². The molecule has 0 aromatic carbocycles. The van der Waals surface area contributed by atoms with Crippen molar-refractivity contribution in [3.05, 3.63) is 0 Å². The number of hydrogen-bond donors (Lipinski definition) is 1. The molecule has 0 aromatic rings. The molecule has 2 aliphatic heterocycles. The van der Waals surface area contributed by atoms with Crippen LogP contribution in [-0.4, -0.2) is 73.9 Å². The number of ether oxygens (including phenoxy) is 4. The van der Waals surface area contributed by atoms with Gasteiger partial charge in [-0.3, -0.25) is 0 Å². The Hall–Kier alpha value is -0.480. The summed E-state index contributed by atoms with van der Waals surface area (Å²) in [6.07, 6.45) is -7.85. The zero-order valence-electron chi connectivity index (χ0n) is 13.5. The number of aliphatic hydroxyl groups is 1. The highest BCUT2D eigenvalue weighted by atomic mass is 19.4. The Labute approximate surface area is 137 Å². The van der Waals surface area contributed by atoms with Gasteiger partial charge in [0, 0.05) is 20.1 Å². The van der Waals surface area contributed by atoms with E-state index >= 15 is 0 Å². The zero-order valence-corrected chi connectivity index (χ0v) is 13.5. The molecule has 9 heteroatoms. The minimum Gasteiger partial charge on any atom is -0.387 e. The van der Waals surface area contributed by atoms with E-state index in [2.05, 4.69) is 4.74 Å². The van der Waals surface area contributed by atoms with E-state index in [9.17, 15) is 22.7 Å². The summed E-state index contributed by atoms with van der Waals surface area (Å²) in [5.41, 5.74) is -1.46. The molecule has 24 heavy (non-hydrogen) atoms. The van der Waals surface area contributed by atoms with E-state index in [4.69, 9.17) is 14.2 Å². The standard InChI is InChI=1S/C15H22F4O5/c1-13(9(24-13)3-4-22-7-15(17,18)19)12-11(21-2)10(20)8(16)5-14(12)6-23-14/h8-12,20H,3-7H2,1-2H3/t8-,9?,10+,11+,12+,13?,14-/m0/s1. The van der Waals surface area contributed by atoms with Crippen LogP contribution in [0.2, 0.25) is 0 Å². The van der Waals surface area contributed by atoms with Crippen molar-refractivity contribution in [1.29, 1.82) is 0 Å². The fourth-order valence-electron chi connectivity index (χ4n) is 4.06. The maximum atomic E-state index is 14.0. The first-order valence-electron chi connectivity index (χ1n) is 7.94. The third kappa shape index (κ3) is 3.29. The van der Waals surface area contributed by atoms with E-state index < -0.39 is 42.4 Å². The van der Waals surface area contributed by atoms with Crippen molar-refractivity contribution in [2.24, 2.45) is 5.92 Å². The van der Waals surface area contributed by atoms with Crippen LogP contribution in [0.15, 0.2) is 0 Å². The topological polar surface area (TPSA) is 63.8 Å². The van der Waals surface area contributed by atoms with E-state index in [-0.39, 0.29) is 31.5 Å². The second-order valence-electron chi connectivity index (χ2n) is 6.99. The van der Waals surface area contributed by atoms with Crippen molar-refractivity contribution in [2.45, 2.75) is 61.6 Å². The van der Waals surface area contributed by atoms with Crippen molar-refractivity contribution >= 4 is 0 Å². The lowest BCUT2D eigenvalue weighted by Crippen LogP contribution is -2.58. The monoisotopic (exact) mass is 358 g/mol. The Kier molecular flexibility index (Phi) is 4.62. The number of halogens is 4. The molecule has 0 amide bonds. The lowest BCUT2D eigenvalue weighted by Gasteiger charge is -2.42. The van der Waals surface area contributed by atoms with Crippen LogP contribution in [0.1, 0.15) is 19.8 Å². The van der Waals surface area contributed by atoms with Gasteiger partial charge >= 0.3 is 6.18 Å². The molecular formula is C15H22F4O5. The van der Waals surface area contributed by atoms with Crippen molar-refractivity contribution in [3.63, 3.8) is 0 Å². The molecule has 3 aliphatic rings. The molecular weight excluding hydrogens is 336 g/mol. The maximum Gasteiger partial charge on any atom is 0.411 e. The van der Waals surface area contributed by atoms with Crippen LogP contribution in [0.25, 0.3) is 0 Å². The number of hydrogen-bond acceptors (Lipinski definition) is 5. The van der Waals surface area contributed by atoms with Gasteiger partial charge in [-0.1, -0.05) is 0 Å². The lowest BCUT2D eigenvalue weighted by molar-refractivity contribution is -0.174. The van der Waals surface area contributed by atoms with Crippen molar-refractivity contribution in [2.75, 3.05) is 26.9 Å². The van der Waals surface area contributed by atoms with E-state index in [1.165, 1.54) is 7.11 Å². The highest BCUT2D eigenvalue weighted by molar-refractivity contribution is 5.20. The maximum absolute atomic E-state index is 14.0. The summed E-state index contributed by atoms with van der Waals surface area (Å²) < 4.78 is 71.4. The SMILES string of the molecule is CO[C@@H]1[C@H](O)[C@@H](F)C[C@]2(CO2)[C@H]1C1(C)OC1CCOCC(F)(F)F. The summed E-state index contributed by atoms with van der Waals surface area (Å²) in [4.78, 5) is 0. The molecule has 140 valence electrons. The average molecular weight is 358 g/mol. The number of aliphatic hydroxyl groups excluding tert-OH is 1. The number of rotatable bonds is 6. The Morgan fingerprint density at radius 2 is 2.00 bits per heavy atom. The quantitative estimate of drug-likeness (QED) is 0.444. The van der Waals surface area contributed by atoms with Gasteiger partial charge in [0.25, 0.3) is 0 Å². The second kappa shape index (κ2) is 6.05. The largest absolute Gasteiger partial charge is 0.411 e. The molecule has 7 atom stereocenters. The van der Waals surface area contributed by atoms with Gasteiger partial charge in [0.2, 0.25) is 0 Å². The third-order valence-electron chi connectivity index (χ3n) is 5.32. The summed E-state index contributed by atoms with van der Waals surface area (Å²) in [5.74, 6) is -0.385. The number of epoxide rings is 2. The fourth-order valence-corrected chi connectivity index (χ4v) is 4.06. The fraction of sp³-hybridized carbons (Fsp3) is 1.00. The summed E-state index contributed by atoms with van der Waals surface area (Å²) in [5, 5.41) is 10.1. The van der Waals surface area contributed by atoms with Crippen LogP contribution in [0, 0.1) is 5.92 Å². The first-order chi connectivity index (χ1) is 11.1. The van der Waals surface area contributed by atoms with Crippen LogP contribution in [0.5, 0.6) is 0 Å². The summed E-state index contributed by atoms with van der Waals surface area (Å²) in [7, 11) is 1.39. The highest BCUT2D eigenvalue weighted by Gasteiger charge is 2.73. The highest BCUT2D eigenvalue weighted by Crippen LogP contribution is 2.59. The van der Waals surface area contributed by atoms with Gasteiger partial charge in [-0.15, -0.1) is 0 Å². The molecule has 0 bridgehead atoms. The Morgan fingerprint density at radius 3 is 2.54 bits per heavy atom. The van der Waals surface area contributed by atoms with Crippen molar-refractivity contribution < 1.29 is 41.6 Å². The molecule has 2 heterocycles. The van der Waals surface area contributed by atoms with Crippen LogP contribution < -0.4 is 0 Å².